The first-order valence-electron chi connectivity index (χ1n) is 7.70. The van der Waals surface area contributed by atoms with Gasteiger partial charge in [0.1, 0.15) is 5.82 Å². The predicted molar refractivity (Wildman–Crippen MR) is 92.0 cm³/mol. The first-order valence-corrected chi connectivity index (χ1v) is 7.70. The maximum atomic E-state index is 13.4. The van der Waals surface area contributed by atoms with Crippen LogP contribution in [0.25, 0.3) is 0 Å². The van der Waals surface area contributed by atoms with Crippen LogP contribution in [0.2, 0.25) is 0 Å². The number of guanidine groups is 1. The van der Waals surface area contributed by atoms with Crippen molar-refractivity contribution in [3.05, 3.63) is 35.6 Å². The molecule has 0 spiro atoms. The summed E-state index contributed by atoms with van der Waals surface area (Å²) in [5.74, 6) is 0.583. The summed E-state index contributed by atoms with van der Waals surface area (Å²) < 4.78 is 13.4. The van der Waals surface area contributed by atoms with Crippen molar-refractivity contribution in [2.24, 2.45) is 4.99 Å². The second kappa shape index (κ2) is 8.73. The fourth-order valence-electron chi connectivity index (χ4n) is 2.14. The van der Waals surface area contributed by atoms with Crippen LogP contribution in [-0.2, 0) is 5.41 Å². The Morgan fingerprint density at radius 1 is 1.27 bits per heavy atom. The van der Waals surface area contributed by atoms with Gasteiger partial charge >= 0.3 is 0 Å². The van der Waals surface area contributed by atoms with Gasteiger partial charge in [0.25, 0.3) is 0 Å². The Morgan fingerprint density at radius 3 is 2.59 bits per heavy atom. The van der Waals surface area contributed by atoms with Crippen LogP contribution in [0.3, 0.4) is 0 Å². The minimum absolute atomic E-state index is 0.177. The smallest absolute Gasteiger partial charge is 0.191 e. The number of aliphatic imine (C=N–C) groups is 1. The molecule has 1 aromatic carbocycles. The highest BCUT2D eigenvalue weighted by molar-refractivity contribution is 5.79. The summed E-state index contributed by atoms with van der Waals surface area (Å²) in [6.07, 6.45) is 1.06. The second-order valence-electron chi connectivity index (χ2n) is 6.40. The van der Waals surface area contributed by atoms with Gasteiger partial charge in [-0.2, -0.15) is 0 Å². The summed E-state index contributed by atoms with van der Waals surface area (Å²) in [7, 11) is 5.89. The number of nitrogens with one attached hydrogen (secondary N) is 2. The van der Waals surface area contributed by atoms with Crippen molar-refractivity contribution in [1.29, 1.82) is 0 Å². The maximum Gasteiger partial charge on any atom is 0.191 e. The van der Waals surface area contributed by atoms with E-state index in [0.29, 0.717) is 6.54 Å². The fourth-order valence-corrected chi connectivity index (χ4v) is 2.14. The lowest BCUT2D eigenvalue weighted by Crippen LogP contribution is -2.44. The third-order valence-electron chi connectivity index (χ3n) is 3.60. The number of benzene rings is 1. The third kappa shape index (κ3) is 6.43. The zero-order chi connectivity index (χ0) is 16.6. The van der Waals surface area contributed by atoms with E-state index in [4.69, 9.17) is 0 Å². The van der Waals surface area contributed by atoms with E-state index >= 15 is 0 Å². The van der Waals surface area contributed by atoms with Gasteiger partial charge in [-0.25, -0.2) is 4.39 Å². The van der Waals surface area contributed by atoms with Gasteiger partial charge < -0.3 is 15.5 Å². The molecule has 5 heteroatoms. The SMILES string of the molecule is CN=C(NCCCN(C)C)NCC(C)(C)c1cccc(F)c1. The largest absolute Gasteiger partial charge is 0.356 e. The molecule has 0 radical (unpaired) electrons. The molecule has 0 aromatic heterocycles. The summed E-state index contributed by atoms with van der Waals surface area (Å²) in [5.41, 5.74) is 0.798. The Kier molecular flexibility index (Phi) is 7.32. The molecule has 0 bridgehead atoms. The number of rotatable bonds is 7. The van der Waals surface area contributed by atoms with Crippen molar-refractivity contribution in [3.8, 4) is 0 Å². The molecule has 0 saturated carbocycles. The summed E-state index contributed by atoms with van der Waals surface area (Å²) >= 11 is 0. The second-order valence-corrected chi connectivity index (χ2v) is 6.40. The molecule has 0 atom stereocenters. The molecule has 0 saturated heterocycles. The summed E-state index contributed by atoms with van der Waals surface area (Å²) in [5, 5.41) is 6.62. The molecule has 22 heavy (non-hydrogen) atoms. The minimum atomic E-state index is -0.197. The standard InChI is InChI=1S/C17H29FN4/c1-17(2,14-8-6-9-15(18)12-14)13-21-16(19-3)20-10-7-11-22(4)5/h6,8-9,12H,7,10-11,13H2,1-5H3,(H2,19,20,21). The number of hydrogen-bond donors (Lipinski definition) is 2. The molecule has 0 heterocycles. The van der Waals surface area contributed by atoms with Gasteiger partial charge in [0.15, 0.2) is 5.96 Å². The lowest BCUT2D eigenvalue weighted by Gasteiger charge is -2.27. The lowest BCUT2D eigenvalue weighted by atomic mass is 9.84. The van der Waals surface area contributed by atoms with Crippen LogP contribution in [0.15, 0.2) is 29.3 Å². The molecule has 0 fully saturated rings. The van der Waals surface area contributed by atoms with E-state index in [1.54, 1.807) is 19.2 Å². The van der Waals surface area contributed by atoms with Gasteiger partial charge in [-0.05, 0) is 44.8 Å². The van der Waals surface area contributed by atoms with Crippen LogP contribution in [0.5, 0.6) is 0 Å². The van der Waals surface area contributed by atoms with E-state index in [2.05, 4.69) is 48.5 Å². The van der Waals surface area contributed by atoms with Gasteiger partial charge in [-0.15, -0.1) is 0 Å². The van der Waals surface area contributed by atoms with Crippen molar-refractivity contribution < 1.29 is 4.39 Å². The van der Waals surface area contributed by atoms with Crippen molar-refractivity contribution in [2.75, 3.05) is 40.8 Å². The predicted octanol–water partition coefficient (Wildman–Crippen LogP) is 2.22. The zero-order valence-electron chi connectivity index (χ0n) is 14.4. The van der Waals surface area contributed by atoms with Crippen LogP contribution < -0.4 is 10.6 Å². The molecule has 124 valence electrons. The number of nitrogens with zero attached hydrogens (tertiary/aromatic N) is 2. The Morgan fingerprint density at radius 2 is 2.00 bits per heavy atom. The summed E-state index contributed by atoms with van der Waals surface area (Å²) in [6, 6.07) is 6.77. The van der Waals surface area contributed by atoms with E-state index in [-0.39, 0.29) is 11.2 Å². The lowest BCUT2D eigenvalue weighted by molar-refractivity contribution is 0.399. The first kappa shape index (κ1) is 18.4. The molecule has 1 rings (SSSR count). The van der Waals surface area contributed by atoms with E-state index < -0.39 is 0 Å². The Labute approximate surface area is 133 Å². The van der Waals surface area contributed by atoms with Crippen LogP contribution >= 0.6 is 0 Å². The Bertz CT molecular complexity index is 483. The monoisotopic (exact) mass is 308 g/mol. The van der Waals surface area contributed by atoms with Gasteiger partial charge in [0, 0.05) is 25.6 Å². The average Bonchev–Trinajstić information content (AvgIpc) is 2.46. The van der Waals surface area contributed by atoms with E-state index in [0.717, 1.165) is 31.0 Å². The molecule has 1 aromatic rings. The molecule has 2 N–H and O–H groups in total. The maximum absolute atomic E-state index is 13.4. The van der Waals surface area contributed by atoms with Crippen LogP contribution in [0.1, 0.15) is 25.8 Å². The van der Waals surface area contributed by atoms with Crippen LogP contribution in [0.4, 0.5) is 4.39 Å². The summed E-state index contributed by atoms with van der Waals surface area (Å²) in [4.78, 5) is 6.38. The molecule has 0 aliphatic carbocycles. The quantitative estimate of drug-likeness (QED) is 0.461. The Balaban J connectivity index is 2.48. The van der Waals surface area contributed by atoms with Gasteiger partial charge in [0.2, 0.25) is 0 Å². The third-order valence-corrected chi connectivity index (χ3v) is 3.60. The molecule has 0 aliphatic rings. The molecule has 4 nitrogen and oxygen atoms in total. The highest BCUT2D eigenvalue weighted by Gasteiger charge is 2.21. The topological polar surface area (TPSA) is 39.7 Å². The van der Waals surface area contributed by atoms with Crippen LogP contribution in [0, 0.1) is 5.82 Å². The summed E-state index contributed by atoms with van der Waals surface area (Å²) in [6.45, 7) is 6.78. The first-order chi connectivity index (χ1) is 10.3. The van der Waals surface area contributed by atoms with Crippen molar-refractivity contribution in [1.82, 2.24) is 15.5 Å². The van der Waals surface area contributed by atoms with E-state index in [1.807, 2.05) is 6.07 Å². The van der Waals surface area contributed by atoms with Crippen LogP contribution in [-0.4, -0.2) is 51.6 Å². The number of hydrogen-bond acceptors (Lipinski definition) is 2. The van der Waals surface area contributed by atoms with E-state index in [9.17, 15) is 4.39 Å². The average molecular weight is 308 g/mol. The molecular weight excluding hydrogens is 279 g/mol. The highest BCUT2D eigenvalue weighted by atomic mass is 19.1. The van der Waals surface area contributed by atoms with Gasteiger partial charge in [0.05, 0.1) is 0 Å². The minimum Gasteiger partial charge on any atom is -0.356 e. The van der Waals surface area contributed by atoms with Crippen molar-refractivity contribution >= 4 is 5.96 Å². The Hall–Kier alpha value is -1.62. The molecular formula is C17H29FN4. The van der Waals surface area contributed by atoms with E-state index in [1.165, 1.54) is 6.07 Å². The van der Waals surface area contributed by atoms with Crippen molar-refractivity contribution in [2.45, 2.75) is 25.7 Å². The van der Waals surface area contributed by atoms with Crippen molar-refractivity contribution in [3.63, 3.8) is 0 Å². The molecule has 0 aliphatic heterocycles. The zero-order valence-corrected chi connectivity index (χ0v) is 14.4. The van der Waals surface area contributed by atoms with Gasteiger partial charge in [-0.1, -0.05) is 26.0 Å². The molecule has 0 unspecified atom stereocenters. The normalized spacial score (nSPS) is 12.6. The highest BCUT2D eigenvalue weighted by Crippen LogP contribution is 2.22. The number of halogens is 1. The molecule has 0 amide bonds. The van der Waals surface area contributed by atoms with Gasteiger partial charge in [-0.3, -0.25) is 4.99 Å². The fraction of sp³-hybridized carbons (Fsp3) is 0.588.